The van der Waals surface area contributed by atoms with Crippen LogP contribution in [0.15, 0.2) is 35.3 Å². The molecule has 3 nitrogen and oxygen atoms in total. The van der Waals surface area contributed by atoms with Gasteiger partial charge in [-0.2, -0.15) is 0 Å². The summed E-state index contributed by atoms with van der Waals surface area (Å²) < 4.78 is 1.59. The molecule has 2 aromatic rings. The van der Waals surface area contributed by atoms with E-state index in [0.29, 0.717) is 0 Å². The van der Waals surface area contributed by atoms with E-state index < -0.39 is 0 Å². The SMILES string of the molecule is Cc1cc(C)c(C(C)Nc2ccc(=O)n(C)c2)cc1C. The number of pyridine rings is 1. The second-order valence-corrected chi connectivity index (χ2v) is 5.53. The van der Waals surface area contributed by atoms with Crippen molar-refractivity contribution in [1.29, 1.82) is 0 Å². The van der Waals surface area contributed by atoms with Gasteiger partial charge in [-0.1, -0.05) is 12.1 Å². The second-order valence-electron chi connectivity index (χ2n) is 5.53. The van der Waals surface area contributed by atoms with Gasteiger partial charge >= 0.3 is 0 Å². The van der Waals surface area contributed by atoms with Gasteiger partial charge in [0.25, 0.3) is 0 Å². The van der Waals surface area contributed by atoms with E-state index in [0.717, 1.165) is 5.69 Å². The predicted molar refractivity (Wildman–Crippen MR) is 84.4 cm³/mol. The lowest BCUT2D eigenvalue weighted by Gasteiger charge is -2.19. The molecule has 1 aromatic heterocycles. The molecule has 20 heavy (non-hydrogen) atoms. The molecule has 3 heteroatoms. The Morgan fingerprint density at radius 1 is 1.05 bits per heavy atom. The van der Waals surface area contributed by atoms with E-state index in [1.165, 1.54) is 22.3 Å². The van der Waals surface area contributed by atoms with Crippen molar-refractivity contribution in [3.63, 3.8) is 0 Å². The second kappa shape index (κ2) is 5.53. The van der Waals surface area contributed by atoms with Crippen LogP contribution in [-0.4, -0.2) is 4.57 Å². The molecule has 0 amide bonds. The van der Waals surface area contributed by atoms with Crippen molar-refractivity contribution in [2.24, 2.45) is 7.05 Å². The number of nitrogens with one attached hydrogen (secondary N) is 1. The molecule has 0 aliphatic carbocycles. The first-order valence-corrected chi connectivity index (χ1v) is 6.89. The first-order valence-electron chi connectivity index (χ1n) is 6.89. The lowest BCUT2D eigenvalue weighted by atomic mass is 9.96. The van der Waals surface area contributed by atoms with Crippen molar-refractivity contribution < 1.29 is 0 Å². The van der Waals surface area contributed by atoms with Crippen LogP contribution in [0.4, 0.5) is 5.69 Å². The summed E-state index contributed by atoms with van der Waals surface area (Å²) >= 11 is 0. The predicted octanol–water partition coefficient (Wildman–Crippen LogP) is 3.48. The van der Waals surface area contributed by atoms with Crippen molar-refractivity contribution in [2.75, 3.05) is 5.32 Å². The highest BCUT2D eigenvalue weighted by atomic mass is 16.1. The lowest BCUT2D eigenvalue weighted by Crippen LogP contribution is -2.16. The number of hydrogen-bond donors (Lipinski definition) is 1. The quantitative estimate of drug-likeness (QED) is 0.926. The summed E-state index contributed by atoms with van der Waals surface area (Å²) in [6.07, 6.45) is 1.83. The van der Waals surface area contributed by atoms with Gasteiger partial charge in [-0.3, -0.25) is 4.79 Å². The summed E-state index contributed by atoms with van der Waals surface area (Å²) in [7, 11) is 1.76. The van der Waals surface area contributed by atoms with Gasteiger partial charge in [0.1, 0.15) is 0 Å². The minimum absolute atomic E-state index is 0.00515. The third-order valence-electron chi connectivity index (χ3n) is 3.82. The molecule has 1 aromatic carbocycles. The maximum absolute atomic E-state index is 11.4. The molecule has 2 rings (SSSR count). The first kappa shape index (κ1) is 14.4. The smallest absolute Gasteiger partial charge is 0.250 e. The summed E-state index contributed by atoms with van der Waals surface area (Å²) in [6, 6.07) is 8.08. The van der Waals surface area contributed by atoms with Gasteiger partial charge in [-0.05, 0) is 56.0 Å². The van der Waals surface area contributed by atoms with E-state index in [1.807, 2.05) is 12.3 Å². The maximum Gasteiger partial charge on any atom is 0.250 e. The largest absolute Gasteiger partial charge is 0.377 e. The average Bonchev–Trinajstić information content (AvgIpc) is 2.38. The fourth-order valence-corrected chi connectivity index (χ4v) is 2.46. The Balaban J connectivity index is 2.28. The van der Waals surface area contributed by atoms with Crippen LogP contribution in [0, 0.1) is 20.8 Å². The van der Waals surface area contributed by atoms with Crippen LogP contribution >= 0.6 is 0 Å². The van der Waals surface area contributed by atoms with Crippen molar-refractivity contribution in [1.82, 2.24) is 4.57 Å². The highest BCUT2D eigenvalue weighted by molar-refractivity contribution is 5.46. The summed E-state index contributed by atoms with van der Waals surface area (Å²) in [5, 5.41) is 3.45. The topological polar surface area (TPSA) is 34.0 Å². The zero-order chi connectivity index (χ0) is 14.9. The number of aryl methyl sites for hydroxylation is 4. The summed E-state index contributed by atoms with van der Waals surface area (Å²) in [5.41, 5.74) is 6.17. The Kier molecular flexibility index (Phi) is 3.98. The Bertz CT molecular complexity index is 686. The van der Waals surface area contributed by atoms with Gasteiger partial charge < -0.3 is 9.88 Å². The van der Waals surface area contributed by atoms with Crippen molar-refractivity contribution in [3.8, 4) is 0 Å². The average molecular weight is 270 g/mol. The molecule has 1 heterocycles. The van der Waals surface area contributed by atoms with E-state index in [1.54, 1.807) is 17.7 Å². The molecule has 0 spiro atoms. The van der Waals surface area contributed by atoms with Gasteiger partial charge in [0.05, 0.1) is 5.69 Å². The van der Waals surface area contributed by atoms with Crippen LogP contribution < -0.4 is 10.9 Å². The number of hydrogen-bond acceptors (Lipinski definition) is 2. The molecular weight excluding hydrogens is 248 g/mol. The molecular formula is C17H22N2O. The van der Waals surface area contributed by atoms with Gasteiger partial charge in [-0.25, -0.2) is 0 Å². The Hall–Kier alpha value is -2.03. The van der Waals surface area contributed by atoms with Crippen molar-refractivity contribution in [3.05, 3.63) is 63.1 Å². The fourth-order valence-electron chi connectivity index (χ4n) is 2.46. The van der Waals surface area contributed by atoms with Crippen LogP contribution in [-0.2, 0) is 7.05 Å². The van der Waals surface area contributed by atoms with E-state index in [-0.39, 0.29) is 11.6 Å². The number of rotatable bonds is 3. The van der Waals surface area contributed by atoms with E-state index in [2.05, 4.69) is 45.1 Å². The molecule has 1 atom stereocenters. The summed E-state index contributed by atoms with van der Waals surface area (Å²) in [6.45, 7) is 8.55. The van der Waals surface area contributed by atoms with Gasteiger partial charge in [-0.15, -0.1) is 0 Å². The van der Waals surface area contributed by atoms with Crippen molar-refractivity contribution >= 4 is 5.69 Å². The van der Waals surface area contributed by atoms with E-state index >= 15 is 0 Å². The Morgan fingerprint density at radius 3 is 2.35 bits per heavy atom. The zero-order valence-electron chi connectivity index (χ0n) is 12.8. The molecule has 0 aliphatic heterocycles. The van der Waals surface area contributed by atoms with E-state index in [9.17, 15) is 4.79 Å². The van der Waals surface area contributed by atoms with Crippen LogP contribution in [0.1, 0.15) is 35.2 Å². The number of nitrogens with zero attached hydrogens (tertiary/aromatic N) is 1. The molecule has 106 valence electrons. The minimum atomic E-state index is 0.00515. The number of aromatic nitrogens is 1. The maximum atomic E-state index is 11.4. The lowest BCUT2D eigenvalue weighted by molar-refractivity contribution is 0.835. The molecule has 1 unspecified atom stereocenters. The highest BCUT2D eigenvalue weighted by Gasteiger charge is 2.10. The van der Waals surface area contributed by atoms with Crippen molar-refractivity contribution in [2.45, 2.75) is 33.7 Å². The third-order valence-corrected chi connectivity index (χ3v) is 3.82. The standard InChI is InChI=1S/C17H22N2O/c1-11-8-13(3)16(9-12(11)2)14(4)18-15-6-7-17(20)19(5)10-15/h6-10,14,18H,1-5H3. The first-order chi connectivity index (χ1) is 9.38. The van der Waals surface area contributed by atoms with Gasteiger partial charge in [0.2, 0.25) is 5.56 Å². The summed E-state index contributed by atoms with van der Waals surface area (Å²) in [5.74, 6) is 0. The normalized spacial score (nSPS) is 12.2. The van der Waals surface area contributed by atoms with Crippen LogP contribution in [0.25, 0.3) is 0 Å². The van der Waals surface area contributed by atoms with E-state index in [4.69, 9.17) is 0 Å². The van der Waals surface area contributed by atoms with Gasteiger partial charge in [0.15, 0.2) is 0 Å². The highest BCUT2D eigenvalue weighted by Crippen LogP contribution is 2.24. The Labute approximate surface area is 120 Å². The third kappa shape index (κ3) is 2.93. The fraction of sp³-hybridized carbons (Fsp3) is 0.353. The molecule has 0 saturated carbocycles. The molecule has 0 bridgehead atoms. The number of anilines is 1. The van der Waals surface area contributed by atoms with Crippen LogP contribution in [0.5, 0.6) is 0 Å². The molecule has 0 fully saturated rings. The monoisotopic (exact) mass is 270 g/mol. The molecule has 0 radical (unpaired) electrons. The molecule has 1 N–H and O–H groups in total. The van der Waals surface area contributed by atoms with Crippen LogP contribution in [0.3, 0.4) is 0 Å². The Morgan fingerprint density at radius 2 is 1.70 bits per heavy atom. The molecule has 0 saturated heterocycles. The van der Waals surface area contributed by atoms with Gasteiger partial charge in [0, 0.05) is 25.4 Å². The zero-order valence-corrected chi connectivity index (χ0v) is 12.8. The van der Waals surface area contributed by atoms with Crippen LogP contribution in [0.2, 0.25) is 0 Å². The minimum Gasteiger partial charge on any atom is -0.377 e. The molecule has 0 aliphatic rings. The number of benzene rings is 1. The summed E-state index contributed by atoms with van der Waals surface area (Å²) in [4.78, 5) is 11.4.